The summed E-state index contributed by atoms with van der Waals surface area (Å²) in [4.78, 5) is 30.0. The third-order valence-corrected chi connectivity index (χ3v) is 7.14. The van der Waals surface area contributed by atoms with Gasteiger partial charge in [-0.15, -0.1) is 11.3 Å². The molecule has 1 amide bonds. The Kier molecular flexibility index (Phi) is 8.60. The summed E-state index contributed by atoms with van der Waals surface area (Å²) < 4.78 is 12.4. The second kappa shape index (κ2) is 11.9. The van der Waals surface area contributed by atoms with Gasteiger partial charge in [0.15, 0.2) is 0 Å². The lowest BCUT2D eigenvalue weighted by Gasteiger charge is -2.18. The van der Waals surface area contributed by atoms with E-state index >= 15 is 0 Å². The summed E-state index contributed by atoms with van der Waals surface area (Å²) in [5.41, 5.74) is 0.651. The van der Waals surface area contributed by atoms with Crippen LogP contribution in [0.3, 0.4) is 0 Å². The number of halogens is 1. The molecule has 0 fully saturated rings. The van der Waals surface area contributed by atoms with E-state index in [0.717, 1.165) is 15.3 Å². The van der Waals surface area contributed by atoms with Crippen LogP contribution in [0.4, 0.5) is 0 Å². The van der Waals surface area contributed by atoms with Gasteiger partial charge in [-0.1, -0.05) is 23.7 Å². The van der Waals surface area contributed by atoms with E-state index in [1.54, 1.807) is 37.6 Å². The number of thiophene rings is 1. The van der Waals surface area contributed by atoms with E-state index in [0.29, 0.717) is 42.4 Å². The zero-order chi connectivity index (χ0) is 25.7. The molecule has 0 bridgehead atoms. The van der Waals surface area contributed by atoms with Crippen molar-refractivity contribution in [2.45, 2.75) is 25.7 Å². The van der Waals surface area contributed by atoms with E-state index in [2.05, 4.69) is 5.32 Å². The lowest BCUT2D eigenvalue weighted by Crippen LogP contribution is -2.29. The van der Waals surface area contributed by atoms with Crippen molar-refractivity contribution in [1.29, 1.82) is 0 Å². The first kappa shape index (κ1) is 26.1. The highest BCUT2D eigenvalue weighted by Crippen LogP contribution is 2.26. The van der Waals surface area contributed by atoms with Crippen LogP contribution in [0, 0.1) is 0 Å². The van der Waals surface area contributed by atoms with Crippen LogP contribution in [0.2, 0.25) is 5.02 Å². The number of furan rings is 1. The van der Waals surface area contributed by atoms with Crippen molar-refractivity contribution < 1.29 is 19.1 Å². The van der Waals surface area contributed by atoms with Gasteiger partial charge in [-0.3, -0.25) is 14.5 Å². The Morgan fingerprint density at radius 3 is 2.78 bits per heavy atom. The third-order valence-electron chi connectivity index (χ3n) is 5.73. The number of carbonyl (C=O) groups is 1. The van der Waals surface area contributed by atoms with Crippen LogP contribution in [0.5, 0.6) is 0 Å². The van der Waals surface area contributed by atoms with Crippen molar-refractivity contribution in [2.24, 2.45) is 0 Å². The van der Waals surface area contributed by atoms with Crippen LogP contribution in [0.1, 0.15) is 32.7 Å². The molecule has 0 saturated carbocycles. The van der Waals surface area contributed by atoms with Crippen molar-refractivity contribution >= 4 is 39.1 Å². The van der Waals surface area contributed by atoms with Crippen LogP contribution in [-0.2, 0) is 24.4 Å². The maximum atomic E-state index is 13.3. The highest BCUT2D eigenvalue weighted by molar-refractivity contribution is 7.18. The number of pyridine rings is 1. The van der Waals surface area contributed by atoms with E-state index < -0.39 is 12.0 Å². The molecule has 1 aromatic carbocycles. The smallest absolute Gasteiger partial charge is 0.257 e. The summed E-state index contributed by atoms with van der Waals surface area (Å²) in [7, 11) is 3.50. The number of rotatable bonds is 11. The second-order valence-corrected chi connectivity index (χ2v) is 10.1. The van der Waals surface area contributed by atoms with Crippen molar-refractivity contribution in [2.75, 3.05) is 27.3 Å². The Morgan fingerprint density at radius 1 is 1.31 bits per heavy atom. The number of carbonyl (C=O) groups excluding carboxylic acids is 1. The zero-order valence-corrected chi connectivity index (χ0v) is 21.6. The molecule has 10 heteroatoms. The van der Waals surface area contributed by atoms with Crippen molar-refractivity contribution in [3.05, 3.63) is 91.9 Å². The first-order valence-electron chi connectivity index (χ1n) is 11.4. The summed E-state index contributed by atoms with van der Waals surface area (Å²) in [6.07, 6.45) is 2.38. The fraction of sp³-hybridized carbons (Fsp3) is 0.308. The van der Waals surface area contributed by atoms with E-state index in [9.17, 15) is 14.7 Å². The summed E-state index contributed by atoms with van der Waals surface area (Å²) in [5, 5.41) is 14.3. The Morgan fingerprint density at radius 2 is 2.08 bits per heavy atom. The maximum absolute atomic E-state index is 13.3. The number of ether oxygens (including phenoxy) is 1. The van der Waals surface area contributed by atoms with Gasteiger partial charge in [-0.25, -0.2) is 0 Å². The summed E-state index contributed by atoms with van der Waals surface area (Å²) in [5.74, 6) is 0.0705. The largest absolute Gasteiger partial charge is 0.467 e. The topological polar surface area (TPSA) is 96.9 Å². The molecule has 8 nitrogen and oxygen atoms in total. The maximum Gasteiger partial charge on any atom is 0.257 e. The molecule has 0 spiro atoms. The lowest BCUT2D eigenvalue weighted by molar-refractivity contribution is 0.0949. The number of nitrogens with one attached hydrogen (secondary N) is 1. The number of aromatic nitrogens is 1. The molecule has 3 heterocycles. The highest BCUT2D eigenvalue weighted by atomic mass is 35.5. The SMILES string of the molecule is COCCn1cc(C(=O)NCc2ccc(Cl)cc2)c(=O)c2cc(CN(C)C[C@@H](O)c3ccco3)sc21. The first-order chi connectivity index (χ1) is 17.4. The third kappa shape index (κ3) is 6.24. The van der Waals surface area contributed by atoms with Gasteiger partial charge in [0.2, 0.25) is 5.43 Å². The Hall–Kier alpha value is -2.95. The summed E-state index contributed by atoms with van der Waals surface area (Å²) >= 11 is 7.42. The number of aliphatic hydroxyl groups is 1. The fourth-order valence-electron chi connectivity index (χ4n) is 3.90. The van der Waals surface area contributed by atoms with Gasteiger partial charge in [0, 0.05) is 49.4 Å². The van der Waals surface area contributed by atoms with Gasteiger partial charge < -0.3 is 24.1 Å². The predicted molar refractivity (Wildman–Crippen MR) is 141 cm³/mol. The molecule has 1 atom stereocenters. The van der Waals surface area contributed by atoms with Crippen LogP contribution in [0.15, 0.2) is 64.1 Å². The number of hydrogen-bond acceptors (Lipinski definition) is 7. The van der Waals surface area contributed by atoms with E-state index in [-0.39, 0.29) is 17.5 Å². The number of benzene rings is 1. The molecule has 2 N–H and O–H groups in total. The van der Waals surface area contributed by atoms with Gasteiger partial charge >= 0.3 is 0 Å². The minimum Gasteiger partial charge on any atom is -0.467 e. The highest BCUT2D eigenvalue weighted by Gasteiger charge is 2.19. The number of aliphatic hydroxyl groups excluding tert-OH is 1. The molecule has 3 aromatic heterocycles. The first-order valence-corrected chi connectivity index (χ1v) is 12.6. The van der Waals surface area contributed by atoms with E-state index in [1.165, 1.54) is 17.6 Å². The Bertz CT molecular complexity index is 1360. The molecule has 36 heavy (non-hydrogen) atoms. The van der Waals surface area contributed by atoms with Crippen molar-refractivity contribution in [1.82, 2.24) is 14.8 Å². The minimum absolute atomic E-state index is 0.0820. The van der Waals surface area contributed by atoms with Crippen molar-refractivity contribution in [3.63, 3.8) is 0 Å². The molecule has 0 radical (unpaired) electrons. The quantitative estimate of drug-likeness (QED) is 0.304. The Balaban J connectivity index is 1.56. The van der Waals surface area contributed by atoms with Gasteiger partial charge in [0.05, 0.1) is 18.3 Å². The average molecular weight is 530 g/mol. The number of methoxy groups -OCH3 is 1. The number of fused-ring (bicyclic) bond motifs is 1. The molecule has 0 saturated heterocycles. The summed E-state index contributed by atoms with van der Waals surface area (Å²) in [6, 6.07) is 12.5. The number of amides is 1. The van der Waals surface area contributed by atoms with Gasteiger partial charge in [0.1, 0.15) is 22.3 Å². The number of hydrogen-bond donors (Lipinski definition) is 2. The van der Waals surface area contributed by atoms with Crippen LogP contribution < -0.4 is 10.7 Å². The molecule has 0 aliphatic rings. The molecule has 4 rings (SSSR count). The van der Waals surface area contributed by atoms with Crippen LogP contribution in [-0.4, -0.2) is 47.8 Å². The standard InChI is InChI=1S/C26H28ClN3O5S/c1-29(16-22(31)23-4-3-10-35-23)14-19-12-20-24(32)21(15-30(9-11-34-2)26(20)36-19)25(33)28-13-17-5-7-18(27)8-6-17/h3-8,10,12,15,22,31H,9,11,13-14,16H2,1-2H3,(H,28,33)/t22-/m1/s1. The van der Waals surface area contributed by atoms with Crippen molar-refractivity contribution in [3.8, 4) is 0 Å². The molecule has 190 valence electrons. The van der Waals surface area contributed by atoms with Gasteiger partial charge in [-0.05, 0) is 42.9 Å². The Labute approximate surface area is 217 Å². The molecular weight excluding hydrogens is 502 g/mol. The van der Waals surface area contributed by atoms with E-state index in [4.69, 9.17) is 20.8 Å². The van der Waals surface area contributed by atoms with Crippen LogP contribution in [0.25, 0.3) is 10.2 Å². The second-order valence-electron chi connectivity index (χ2n) is 8.53. The number of likely N-dealkylation sites (N-methyl/N-ethyl adjacent to an activating group) is 1. The van der Waals surface area contributed by atoms with Gasteiger partial charge in [-0.2, -0.15) is 0 Å². The lowest BCUT2D eigenvalue weighted by atomic mass is 10.1. The minimum atomic E-state index is -0.753. The van der Waals surface area contributed by atoms with Crippen LogP contribution >= 0.6 is 22.9 Å². The summed E-state index contributed by atoms with van der Waals surface area (Å²) in [6.45, 7) is 2.11. The monoisotopic (exact) mass is 529 g/mol. The molecule has 0 aliphatic carbocycles. The number of nitrogens with zero attached hydrogens (tertiary/aromatic N) is 2. The molecule has 4 aromatic rings. The van der Waals surface area contributed by atoms with Gasteiger partial charge in [0.25, 0.3) is 5.91 Å². The molecule has 0 unspecified atom stereocenters. The average Bonchev–Trinajstić information content (AvgIpc) is 3.54. The zero-order valence-electron chi connectivity index (χ0n) is 20.1. The molecule has 0 aliphatic heterocycles. The molecular formula is C26H28ClN3O5S. The predicted octanol–water partition coefficient (Wildman–Crippen LogP) is 4.05. The fourth-order valence-corrected chi connectivity index (χ4v) is 5.26. The normalized spacial score (nSPS) is 12.4. The van der Waals surface area contributed by atoms with E-state index in [1.807, 2.05) is 34.7 Å².